The number of fused-ring (bicyclic) bond motifs is 1. The van der Waals surface area contributed by atoms with Crippen molar-refractivity contribution in [2.45, 2.75) is 25.1 Å². The van der Waals surface area contributed by atoms with Gasteiger partial charge in [-0.05, 0) is 30.5 Å². The van der Waals surface area contributed by atoms with Gasteiger partial charge in [-0.2, -0.15) is 17.1 Å². The molecule has 1 aromatic carbocycles. The van der Waals surface area contributed by atoms with Crippen molar-refractivity contribution in [3.63, 3.8) is 0 Å². The number of rotatable bonds is 2. The quantitative estimate of drug-likeness (QED) is 0.851. The second-order valence-electron chi connectivity index (χ2n) is 5.74. The Labute approximate surface area is 139 Å². The van der Waals surface area contributed by atoms with Crippen LogP contribution < -0.4 is 11.2 Å². The smallest absolute Gasteiger partial charge is 0.374 e. The van der Waals surface area contributed by atoms with E-state index in [9.17, 15) is 31.2 Å². The van der Waals surface area contributed by atoms with Crippen LogP contribution in [0.15, 0.2) is 21.7 Å². The number of hydrogen-bond acceptors (Lipinski definition) is 5. The second-order valence-corrected chi connectivity index (χ2v) is 7.57. The van der Waals surface area contributed by atoms with E-state index < -0.39 is 44.6 Å². The van der Waals surface area contributed by atoms with E-state index in [1.165, 1.54) is 0 Å². The molecular formula is C14H13F3N2O5S. The molecule has 1 saturated heterocycles. The Hall–Kier alpha value is -2.14. The van der Waals surface area contributed by atoms with Crippen LogP contribution in [0.25, 0.3) is 10.9 Å². The maximum atomic E-state index is 13.5. The Bertz CT molecular complexity index is 1060. The van der Waals surface area contributed by atoms with E-state index in [1.54, 1.807) is 0 Å². The van der Waals surface area contributed by atoms with Crippen LogP contribution in [0.4, 0.5) is 13.2 Å². The Balaban J connectivity index is 2.48. The maximum absolute atomic E-state index is 13.5. The summed E-state index contributed by atoms with van der Waals surface area (Å²) < 4.78 is 69.5. The van der Waals surface area contributed by atoms with Crippen molar-refractivity contribution >= 4 is 20.9 Å². The van der Waals surface area contributed by atoms with Crippen molar-refractivity contribution in [2.75, 3.05) is 12.9 Å². The van der Waals surface area contributed by atoms with E-state index in [4.69, 9.17) is 4.74 Å². The van der Waals surface area contributed by atoms with E-state index in [-0.39, 0.29) is 14.9 Å². The molecule has 25 heavy (non-hydrogen) atoms. The zero-order chi connectivity index (χ0) is 18.6. The zero-order valence-electron chi connectivity index (χ0n) is 12.9. The highest BCUT2D eigenvalue weighted by Gasteiger charge is 2.37. The summed E-state index contributed by atoms with van der Waals surface area (Å²) in [6.45, 7) is 0.291. The molecule has 0 bridgehead atoms. The van der Waals surface area contributed by atoms with E-state index in [0.29, 0.717) is 31.8 Å². The summed E-state index contributed by atoms with van der Waals surface area (Å²) in [4.78, 5) is 25.7. The number of halogens is 3. The fraction of sp³-hybridized carbons (Fsp3) is 0.429. The molecule has 0 amide bonds. The Morgan fingerprint density at radius 1 is 1.28 bits per heavy atom. The first-order valence-corrected chi connectivity index (χ1v) is 9.07. The molecule has 3 rings (SSSR count). The minimum Gasteiger partial charge on any atom is -0.374 e. The average Bonchev–Trinajstić information content (AvgIpc) is 2.97. The molecule has 136 valence electrons. The predicted molar refractivity (Wildman–Crippen MR) is 82.0 cm³/mol. The van der Waals surface area contributed by atoms with Gasteiger partial charge in [-0.3, -0.25) is 9.78 Å². The lowest BCUT2D eigenvalue weighted by Crippen LogP contribution is -2.34. The van der Waals surface area contributed by atoms with Gasteiger partial charge in [0.25, 0.3) is 5.56 Å². The van der Waals surface area contributed by atoms with E-state index in [0.717, 1.165) is 6.07 Å². The summed E-state index contributed by atoms with van der Waals surface area (Å²) in [5, 5.41) is -0.330. The highest BCUT2D eigenvalue weighted by molar-refractivity contribution is 7.89. The fourth-order valence-corrected chi connectivity index (χ4v) is 3.80. The maximum Gasteiger partial charge on any atom is 0.416 e. The van der Waals surface area contributed by atoms with Crippen molar-refractivity contribution in [1.82, 2.24) is 8.96 Å². The molecule has 0 aliphatic carbocycles. The molecule has 1 fully saturated rings. The predicted octanol–water partition coefficient (Wildman–Crippen LogP) is 1.37. The average molecular weight is 378 g/mol. The first-order valence-electron chi connectivity index (χ1n) is 7.22. The number of H-pyrrole nitrogens is 1. The van der Waals surface area contributed by atoms with Gasteiger partial charge in [0.05, 0.1) is 28.8 Å². The highest BCUT2D eigenvalue weighted by atomic mass is 32.2. The van der Waals surface area contributed by atoms with Crippen molar-refractivity contribution in [3.05, 3.63) is 44.1 Å². The first-order chi connectivity index (χ1) is 11.5. The van der Waals surface area contributed by atoms with Gasteiger partial charge in [-0.1, -0.05) is 0 Å². The van der Waals surface area contributed by atoms with Gasteiger partial charge in [-0.15, -0.1) is 0 Å². The van der Waals surface area contributed by atoms with Crippen molar-refractivity contribution < 1.29 is 26.3 Å². The number of nitrogens with one attached hydrogen (secondary N) is 1. The number of hydrogen-bond donors (Lipinski definition) is 1. The SMILES string of the molecule is CS(=O)(=O)n1c(=O)[nH]c(=O)c2cc([C@H]3CCCO3)c(C(F)(F)F)cc21. The lowest BCUT2D eigenvalue weighted by Gasteiger charge is -2.19. The summed E-state index contributed by atoms with van der Waals surface area (Å²) in [6, 6.07) is 1.47. The molecule has 0 radical (unpaired) electrons. The van der Waals surface area contributed by atoms with E-state index in [2.05, 4.69) is 0 Å². The molecule has 7 nitrogen and oxygen atoms in total. The van der Waals surface area contributed by atoms with Crippen molar-refractivity contribution in [2.24, 2.45) is 0 Å². The minimum absolute atomic E-state index is 0.151. The van der Waals surface area contributed by atoms with Crippen LogP contribution in [0.3, 0.4) is 0 Å². The number of ether oxygens (including phenoxy) is 1. The van der Waals surface area contributed by atoms with Gasteiger partial charge in [-0.25, -0.2) is 13.2 Å². The molecule has 2 aromatic rings. The number of aromatic amines is 1. The summed E-state index contributed by atoms with van der Waals surface area (Å²) >= 11 is 0. The van der Waals surface area contributed by atoms with Gasteiger partial charge >= 0.3 is 11.9 Å². The third-order valence-electron chi connectivity index (χ3n) is 3.95. The van der Waals surface area contributed by atoms with Gasteiger partial charge in [0, 0.05) is 6.61 Å². The van der Waals surface area contributed by atoms with Gasteiger partial charge in [0.1, 0.15) is 0 Å². The summed E-state index contributed by atoms with van der Waals surface area (Å²) in [5.41, 5.74) is -4.29. The summed E-state index contributed by atoms with van der Waals surface area (Å²) in [7, 11) is -4.24. The molecule has 1 aliphatic heterocycles. The van der Waals surface area contributed by atoms with E-state index in [1.807, 2.05) is 4.98 Å². The third-order valence-corrected chi connectivity index (χ3v) is 4.98. The molecule has 0 spiro atoms. The van der Waals surface area contributed by atoms with Crippen LogP contribution in [0.1, 0.15) is 30.1 Å². The molecule has 1 N–H and O–H groups in total. The van der Waals surface area contributed by atoms with Gasteiger partial charge < -0.3 is 4.74 Å². The normalized spacial score (nSPS) is 18.8. The standard InChI is InChI=1S/C14H13F3N2O5S/c1-25(22,23)19-10-6-9(14(15,16)17)7(11-3-2-4-24-11)5-8(10)12(20)18-13(19)21/h5-6,11H,2-4H2,1H3,(H,18,20,21)/t11-/m1/s1. The van der Waals surface area contributed by atoms with Crippen LogP contribution in [0.5, 0.6) is 0 Å². The lowest BCUT2D eigenvalue weighted by atomic mass is 9.97. The second kappa shape index (κ2) is 5.70. The number of aromatic nitrogens is 2. The van der Waals surface area contributed by atoms with Gasteiger partial charge in [0.2, 0.25) is 10.0 Å². The Morgan fingerprint density at radius 2 is 1.96 bits per heavy atom. The first kappa shape index (κ1) is 17.7. The largest absolute Gasteiger partial charge is 0.416 e. The van der Waals surface area contributed by atoms with Crippen LogP contribution in [-0.2, 0) is 20.9 Å². The molecule has 1 aromatic heterocycles. The summed E-state index contributed by atoms with van der Waals surface area (Å²) in [6.07, 6.45) is -4.08. The Kier molecular flexibility index (Phi) is 4.03. The van der Waals surface area contributed by atoms with Crippen LogP contribution in [0.2, 0.25) is 0 Å². The summed E-state index contributed by atoms with van der Waals surface area (Å²) in [5.74, 6) is 0. The van der Waals surface area contributed by atoms with Crippen LogP contribution in [0, 0.1) is 0 Å². The number of benzene rings is 1. The Morgan fingerprint density at radius 3 is 2.48 bits per heavy atom. The molecule has 0 saturated carbocycles. The molecular weight excluding hydrogens is 365 g/mol. The molecule has 11 heteroatoms. The van der Waals surface area contributed by atoms with E-state index >= 15 is 0 Å². The minimum atomic E-state index is -4.81. The van der Waals surface area contributed by atoms with Gasteiger partial charge in [0.15, 0.2) is 0 Å². The molecule has 2 heterocycles. The van der Waals surface area contributed by atoms with Crippen LogP contribution >= 0.6 is 0 Å². The van der Waals surface area contributed by atoms with Crippen molar-refractivity contribution in [1.29, 1.82) is 0 Å². The topological polar surface area (TPSA) is 98.2 Å². The molecule has 0 unspecified atom stereocenters. The molecule has 1 aliphatic rings. The fourth-order valence-electron chi connectivity index (χ4n) is 2.94. The number of alkyl halides is 3. The van der Waals surface area contributed by atoms with Crippen molar-refractivity contribution in [3.8, 4) is 0 Å². The lowest BCUT2D eigenvalue weighted by molar-refractivity contribution is -0.139. The third kappa shape index (κ3) is 3.09. The molecule has 1 atom stereocenters. The highest BCUT2D eigenvalue weighted by Crippen LogP contribution is 2.40. The number of nitrogens with zero attached hydrogens (tertiary/aromatic N) is 1. The zero-order valence-corrected chi connectivity index (χ0v) is 13.7. The monoisotopic (exact) mass is 378 g/mol. The van der Waals surface area contributed by atoms with Crippen LogP contribution in [-0.4, -0.2) is 30.2 Å².